The smallest absolute Gasteiger partial charge is 0.315 e. The second-order valence-electron chi connectivity index (χ2n) is 6.32. The van der Waals surface area contributed by atoms with Crippen LogP contribution in [0.4, 0.5) is 4.79 Å². The number of aliphatic hydroxyl groups excluding tert-OH is 1. The van der Waals surface area contributed by atoms with Crippen molar-refractivity contribution in [3.05, 3.63) is 0 Å². The largest absolute Gasteiger partial charge is 0.396 e. The van der Waals surface area contributed by atoms with E-state index in [1.54, 1.807) is 0 Å². The Morgan fingerprint density at radius 3 is 2.37 bits per heavy atom. The predicted octanol–water partition coefficient (Wildman–Crippen LogP) is 2.42. The van der Waals surface area contributed by atoms with Gasteiger partial charge in [-0.25, -0.2) is 4.79 Å². The molecule has 0 bridgehead atoms. The molecule has 0 radical (unpaired) electrons. The lowest BCUT2D eigenvalue weighted by molar-refractivity contribution is 0.177. The molecule has 2 aliphatic rings. The average molecular weight is 268 g/mol. The van der Waals surface area contributed by atoms with Crippen molar-refractivity contribution in [2.45, 2.75) is 70.4 Å². The maximum atomic E-state index is 12.1. The molecule has 0 aromatic heterocycles. The molecule has 0 spiro atoms. The summed E-state index contributed by atoms with van der Waals surface area (Å²) in [5.74, 6) is 0.822. The van der Waals surface area contributed by atoms with Gasteiger partial charge in [-0.15, -0.1) is 0 Å². The highest BCUT2D eigenvalue weighted by Gasteiger charge is 2.28. The first-order valence-electron chi connectivity index (χ1n) is 7.88. The second-order valence-corrected chi connectivity index (χ2v) is 6.32. The van der Waals surface area contributed by atoms with Crippen molar-refractivity contribution < 1.29 is 9.90 Å². The SMILES string of the molecule is CC1CCCC1NC(=O)NC1CCCCCC1CO. The first-order valence-corrected chi connectivity index (χ1v) is 7.88. The molecule has 19 heavy (non-hydrogen) atoms. The predicted molar refractivity (Wildman–Crippen MR) is 75.9 cm³/mol. The summed E-state index contributed by atoms with van der Waals surface area (Å²) in [6.45, 7) is 2.39. The van der Waals surface area contributed by atoms with Crippen LogP contribution in [0.3, 0.4) is 0 Å². The van der Waals surface area contributed by atoms with Crippen LogP contribution in [0.15, 0.2) is 0 Å². The molecule has 2 amide bonds. The maximum absolute atomic E-state index is 12.1. The molecule has 2 aliphatic carbocycles. The number of hydrogen-bond acceptors (Lipinski definition) is 2. The first kappa shape index (κ1) is 14.6. The molecule has 2 rings (SSSR count). The van der Waals surface area contributed by atoms with Crippen LogP contribution in [0, 0.1) is 11.8 Å². The quantitative estimate of drug-likeness (QED) is 0.688. The molecule has 4 unspecified atom stereocenters. The van der Waals surface area contributed by atoms with E-state index in [0.29, 0.717) is 12.0 Å². The van der Waals surface area contributed by atoms with Crippen molar-refractivity contribution in [2.24, 2.45) is 11.8 Å². The molecule has 0 saturated heterocycles. The highest BCUT2D eigenvalue weighted by Crippen LogP contribution is 2.25. The van der Waals surface area contributed by atoms with Crippen molar-refractivity contribution >= 4 is 6.03 Å². The number of aliphatic hydroxyl groups is 1. The topological polar surface area (TPSA) is 61.4 Å². The molecule has 0 heterocycles. The van der Waals surface area contributed by atoms with Gasteiger partial charge in [0.15, 0.2) is 0 Å². The molecule has 4 atom stereocenters. The average Bonchev–Trinajstić information content (AvgIpc) is 2.65. The highest BCUT2D eigenvalue weighted by molar-refractivity contribution is 5.74. The van der Waals surface area contributed by atoms with Gasteiger partial charge >= 0.3 is 6.03 Å². The molecule has 4 heteroatoms. The molecule has 3 N–H and O–H groups in total. The third-order valence-electron chi connectivity index (χ3n) is 4.89. The van der Waals surface area contributed by atoms with Crippen LogP contribution in [0.25, 0.3) is 0 Å². The minimum absolute atomic E-state index is 0.0379. The van der Waals surface area contributed by atoms with Crippen LogP contribution in [0.1, 0.15) is 58.3 Å². The normalized spacial score (nSPS) is 35.7. The number of hydrogen-bond donors (Lipinski definition) is 3. The lowest BCUT2D eigenvalue weighted by Crippen LogP contribution is -2.49. The van der Waals surface area contributed by atoms with Crippen molar-refractivity contribution in [1.29, 1.82) is 0 Å². The maximum Gasteiger partial charge on any atom is 0.315 e. The van der Waals surface area contributed by atoms with Crippen LogP contribution >= 0.6 is 0 Å². The van der Waals surface area contributed by atoms with E-state index in [0.717, 1.165) is 25.7 Å². The number of carbonyl (C=O) groups excluding carboxylic acids is 1. The Morgan fingerprint density at radius 1 is 1.00 bits per heavy atom. The van der Waals surface area contributed by atoms with Crippen molar-refractivity contribution in [2.75, 3.05) is 6.61 Å². The Morgan fingerprint density at radius 2 is 1.68 bits per heavy atom. The molecule has 4 nitrogen and oxygen atoms in total. The standard InChI is InChI=1S/C15H28N2O2/c1-11-6-5-9-13(11)16-15(19)17-14-8-4-2-3-7-12(14)10-18/h11-14,18H,2-10H2,1H3,(H2,16,17,19). The lowest BCUT2D eigenvalue weighted by atomic mass is 9.96. The molecule has 2 fully saturated rings. The minimum atomic E-state index is -0.0379. The van der Waals surface area contributed by atoms with Gasteiger partial charge in [0.2, 0.25) is 0 Å². The van der Waals surface area contributed by atoms with Gasteiger partial charge in [-0.1, -0.05) is 32.6 Å². The summed E-state index contributed by atoms with van der Waals surface area (Å²) in [4.78, 5) is 12.1. The van der Waals surface area contributed by atoms with E-state index in [2.05, 4.69) is 17.6 Å². The Hall–Kier alpha value is -0.770. The van der Waals surface area contributed by atoms with Crippen LogP contribution in [-0.2, 0) is 0 Å². The molecule has 0 aliphatic heterocycles. The number of nitrogens with one attached hydrogen (secondary N) is 2. The van der Waals surface area contributed by atoms with E-state index in [4.69, 9.17) is 0 Å². The van der Waals surface area contributed by atoms with E-state index in [9.17, 15) is 9.90 Å². The Kier molecular flexibility index (Phi) is 5.49. The van der Waals surface area contributed by atoms with E-state index in [-0.39, 0.29) is 24.6 Å². The van der Waals surface area contributed by atoms with Crippen LogP contribution < -0.4 is 10.6 Å². The monoisotopic (exact) mass is 268 g/mol. The van der Waals surface area contributed by atoms with Crippen molar-refractivity contribution in [3.63, 3.8) is 0 Å². The van der Waals surface area contributed by atoms with E-state index >= 15 is 0 Å². The van der Waals surface area contributed by atoms with Crippen LogP contribution in [0.5, 0.6) is 0 Å². The van der Waals surface area contributed by atoms with Crippen LogP contribution in [-0.4, -0.2) is 29.8 Å². The van der Waals surface area contributed by atoms with Gasteiger partial charge in [0.05, 0.1) is 0 Å². The number of rotatable bonds is 3. The van der Waals surface area contributed by atoms with Gasteiger partial charge in [-0.3, -0.25) is 0 Å². The fourth-order valence-electron chi connectivity index (χ4n) is 3.53. The zero-order valence-corrected chi connectivity index (χ0v) is 12.0. The first-order chi connectivity index (χ1) is 9.20. The van der Waals surface area contributed by atoms with Gasteiger partial charge in [0.25, 0.3) is 0 Å². The van der Waals surface area contributed by atoms with Crippen molar-refractivity contribution in [3.8, 4) is 0 Å². The molecule has 110 valence electrons. The van der Waals surface area contributed by atoms with Crippen molar-refractivity contribution in [1.82, 2.24) is 10.6 Å². The molecular formula is C15H28N2O2. The summed E-state index contributed by atoms with van der Waals surface area (Å²) in [5, 5.41) is 15.7. The summed E-state index contributed by atoms with van der Waals surface area (Å²) in [7, 11) is 0. The Bertz CT molecular complexity index is 296. The zero-order valence-electron chi connectivity index (χ0n) is 12.0. The minimum Gasteiger partial charge on any atom is -0.396 e. The van der Waals surface area contributed by atoms with Gasteiger partial charge in [0, 0.05) is 24.6 Å². The Balaban J connectivity index is 1.82. The van der Waals surface area contributed by atoms with Gasteiger partial charge in [-0.05, 0) is 31.6 Å². The zero-order chi connectivity index (χ0) is 13.7. The molecule has 0 aromatic carbocycles. The van der Waals surface area contributed by atoms with E-state index in [1.165, 1.54) is 25.7 Å². The molecule has 2 saturated carbocycles. The fourth-order valence-corrected chi connectivity index (χ4v) is 3.53. The van der Waals surface area contributed by atoms with Crippen LogP contribution in [0.2, 0.25) is 0 Å². The summed E-state index contributed by atoms with van der Waals surface area (Å²) in [6.07, 6.45) is 9.10. The number of carbonyl (C=O) groups is 1. The van der Waals surface area contributed by atoms with Gasteiger partial charge in [0.1, 0.15) is 0 Å². The highest BCUT2D eigenvalue weighted by atomic mass is 16.3. The number of amides is 2. The summed E-state index contributed by atoms with van der Waals surface area (Å²) in [6, 6.07) is 0.437. The Labute approximate surface area is 116 Å². The molecular weight excluding hydrogens is 240 g/mol. The van der Waals surface area contributed by atoms with Gasteiger partial charge < -0.3 is 15.7 Å². The molecule has 0 aromatic rings. The lowest BCUT2D eigenvalue weighted by Gasteiger charge is -2.26. The third-order valence-corrected chi connectivity index (χ3v) is 4.89. The van der Waals surface area contributed by atoms with E-state index < -0.39 is 0 Å². The van der Waals surface area contributed by atoms with Gasteiger partial charge in [-0.2, -0.15) is 0 Å². The van der Waals surface area contributed by atoms with E-state index in [1.807, 2.05) is 0 Å². The summed E-state index contributed by atoms with van der Waals surface area (Å²) >= 11 is 0. The summed E-state index contributed by atoms with van der Waals surface area (Å²) in [5.41, 5.74) is 0. The third kappa shape index (κ3) is 4.10. The fraction of sp³-hybridized carbons (Fsp3) is 0.933. The number of urea groups is 1. The summed E-state index contributed by atoms with van der Waals surface area (Å²) < 4.78 is 0. The second kappa shape index (κ2) is 7.13.